The number of hydrogen-bond acceptors (Lipinski definition) is 5. The first-order valence-corrected chi connectivity index (χ1v) is 8.85. The van der Waals surface area contributed by atoms with Gasteiger partial charge in [-0.05, 0) is 33.6 Å². The molecule has 1 fully saturated rings. The fourth-order valence-electron chi connectivity index (χ4n) is 2.48. The van der Waals surface area contributed by atoms with Crippen LogP contribution in [0.5, 0.6) is 0 Å². The maximum atomic E-state index is 12.2. The van der Waals surface area contributed by atoms with Crippen LogP contribution in [0.25, 0.3) is 0 Å². The predicted molar refractivity (Wildman–Crippen MR) is 76.9 cm³/mol. The Labute approximate surface area is 127 Å². The number of nitrogens with zero attached hydrogens (tertiary/aromatic N) is 1. The molecule has 0 radical (unpaired) electrons. The molecule has 1 saturated heterocycles. The SMILES string of the molecule is Cc1[nH]nc(C(=O)NC2CCOC(C)(C)C2)c1S(=O)(=O)Cl. The van der Waals surface area contributed by atoms with Crippen LogP contribution in [0.1, 0.15) is 42.9 Å². The Morgan fingerprint density at radius 1 is 1.52 bits per heavy atom. The van der Waals surface area contributed by atoms with Crippen molar-refractivity contribution in [1.29, 1.82) is 0 Å². The summed E-state index contributed by atoms with van der Waals surface area (Å²) in [5.74, 6) is -0.554. The molecule has 0 aromatic carbocycles. The van der Waals surface area contributed by atoms with Crippen LogP contribution >= 0.6 is 10.7 Å². The minimum atomic E-state index is -4.04. The molecule has 0 spiro atoms. The number of halogens is 1. The molecule has 1 aliphatic rings. The monoisotopic (exact) mass is 335 g/mol. The summed E-state index contributed by atoms with van der Waals surface area (Å²) in [6, 6.07) is -0.0934. The van der Waals surface area contributed by atoms with E-state index in [0.717, 1.165) is 0 Å². The van der Waals surface area contributed by atoms with Gasteiger partial charge in [0.2, 0.25) is 0 Å². The van der Waals surface area contributed by atoms with Crippen molar-refractivity contribution < 1.29 is 17.9 Å². The third kappa shape index (κ3) is 3.75. The minimum Gasteiger partial charge on any atom is -0.375 e. The van der Waals surface area contributed by atoms with Crippen molar-refractivity contribution in [2.24, 2.45) is 0 Å². The van der Waals surface area contributed by atoms with E-state index in [2.05, 4.69) is 15.5 Å². The Kier molecular flexibility index (Phi) is 4.32. The quantitative estimate of drug-likeness (QED) is 0.811. The van der Waals surface area contributed by atoms with Gasteiger partial charge in [-0.25, -0.2) is 8.42 Å². The van der Waals surface area contributed by atoms with Gasteiger partial charge in [-0.2, -0.15) is 5.10 Å². The average molecular weight is 336 g/mol. The van der Waals surface area contributed by atoms with Crippen molar-refractivity contribution in [3.8, 4) is 0 Å². The molecule has 1 unspecified atom stereocenters. The highest BCUT2D eigenvalue weighted by Gasteiger charge is 2.32. The zero-order chi connectivity index (χ0) is 15.8. The molecule has 2 N–H and O–H groups in total. The minimum absolute atomic E-state index is 0.0934. The van der Waals surface area contributed by atoms with E-state index in [1.807, 2.05) is 13.8 Å². The molecule has 0 aliphatic carbocycles. The molecule has 1 aromatic rings. The molecule has 0 bridgehead atoms. The van der Waals surface area contributed by atoms with Gasteiger partial charge in [0.25, 0.3) is 15.0 Å². The van der Waals surface area contributed by atoms with Crippen LogP contribution in [-0.4, -0.2) is 42.8 Å². The van der Waals surface area contributed by atoms with Gasteiger partial charge >= 0.3 is 0 Å². The van der Waals surface area contributed by atoms with E-state index in [9.17, 15) is 13.2 Å². The second kappa shape index (κ2) is 5.58. The maximum Gasteiger partial charge on any atom is 0.273 e. The van der Waals surface area contributed by atoms with Gasteiger partial charge in [0.1, 0.15) is 4.90 Å². The second-order valence-corrected chi connectivity index (χ2v) is 8.24. The summed E-state index contributed by atoms with van der Waals surface area (Å²) in [7, 11) is 1.32. The number of carbonyl (C=O) groups is 1. The van der Waals surface area contributed by atoms with Gasteiger partial charge in [-0.1, -0.05) is 0 Å². The first-order chi connectivity index (χ1) is 9.60. The number of H-pyrrole nitrogens is 1. The van der Waals surface area contributed by atoms with Crippen molar-refractivity contribution in [3.05, 3.63) is 11.4 Å². The third-order valence-electron chi connectivity index (χ3n) is 3.38. The Morgan fingerprint density at radius 3 is 2.76 bits per heavy atom. The maximum absolute atomic E-state index is 12.2. The standard InChI is InChI=1S/C12H18ClN3O4S/c1-7-10(21(13,18)19)9(16-15-7)11(17)14-8-4-5-20-12(2,3)6-8/h8H,4-6H2,1-3H3,(H,14,17)(H,15,16). The smallest absolute Gasteiger partial charge is 0.273 e. The summed E-state index contributed by atoms with van der Waals surface area (Å²) in [6.45, 7) is 5.92. The zero-order valence-corrected chi connectivity index (χ0v) is 13.6. The fraction of sp³-hybridized carbons (Fsp3) is 0.667. The van der Waals surface area contributed by atoms with E-state index in [-0.39, 0.29) is 27.9 Å². The van der Waals surface area contributed by atoms with Crippen molar-refractivity contribution >= 4 is 25.6 Å². The van der Waals surface area contributed by atoms with Crippen LogP contribution < -0.4 is 5.32 Å². The van der Waals surface area contributed by atoms with Gasteiger partial charge < -0.3 is 10.1 Å². The molecule has 118 valence electrons. The highest BCUT2D eigenvalue weighted by molar-refractivity contribution is 8.13. The number of ether oxygens (including phenoxy) is 1. The third-order valence-corrected chi connectivity index (χ3v) is 4.83. The number of rotatable bonds is 3. The number of aryl methyl sites for hydroxylation is 1. The molecule has 2 rings (SSSR count). The molecule has 1 aromatic heterocycles. The number of aromatic amines is 1. The number of hydrogen-bond donors (Lipinski definition) is 2. The van der Waals surface area contributed by atoms with Crippen molar-refractivity contribution in [1.82, 2.24) is 15.5 Å². The van der Waals surface area contributed by atoms with Gasteiger partial charge in [-0.3, -0.25) is 9.89 Å². The van der Waals surface area contributed by atoms with E-state index in [1.165, 1.54) is 6.92 Å². The van der Waals surface area contributed by atoms with Gasteiger partial charge in [0.15, 0.2) is 5.69 Å². The Balaban J connectivity index is 2.19. The van der Waals surface area contributed by atoms with Crippen LogP contribution in [0.3, 0.4) is 0 Å². The summed E-state index contributed by atoms with van der Waals surface area (Å²) in [5, 5.41) is 9.02. The van der Waals surface area contributed by atoms with Crippen LogP contribution in [0.2, 0.25) is 0 Å². The van der Waals surface area contributed by atoms with Crippen LogP contribution in [0, 0.1) is 6.92 Å². The molecular formula is C12H18ClN3O4S. The van der Waals surface area contributed by atoms with E-state index < -0.39 is 15.0 Å². The molecule has 9 heteroatoms. The number of carbonyl (C=O) groups excluding carboxylic acids is 1. The molecule has 1 aliphatic heterocycles. The van der Waals surface area contributed by atoms with Crippen molar-refractivity contribution in [2.75, 3.05) is 6.61 Å². The lowest BCUT2D eigenvalue weighted by Crippen LogP contribution is -2.46. The fourth-order valence-corrected chi connectivity index (χ4v) is 3.83. The Hall–Kier alpha value is -1.12. The molecule has 7 nitrogen and oxygen atoms in total. The van der Waals surface area contributed by atoms with Gasteiger partial charge in [0.05, 0.1) is 11.3 Å². The van der Waals surface area contributed by atoms with Crippen LogP contribution in [0.4, 0.5) is 0 Å². The molecule has 0 saturated carbocycles. The molecule has 21 heavy (non-hydrogen) atoms. The molecule has 2 heterocycles. The largest absolute Gasteiger partial charge is 0.375 e. The Morgan fingerprint density at radius 2 is 2.19 bits per heavy atom. The first-order valence-electron chi connectivity index (χ1n) is 6.54. The highest BCUT2D eigenvalue weighted by Crippen LogP contribution is 2.25. The predicted octanol–water partition coefficient (Wildman–Crippen LogP) is 1.33. The lowest BCUT2D eigenvalue weighted by molar-refractivity contribution is -0.0615. The summed E-state index contributed by atoms with van der Waals surface area (Å²) < 4.78 is 28.7. The van der Waals surface area contributed by atoms with E-state index in [0.29, 0.717) is 19.4 Å². The lowest BCUT2D eigenvalue weighted by atomic mass is 9.94. The van der Waals surface area contributed by atoms with Crippen LogP contribution in [0.15, 0.2) is 4.90 Å². The first kappa shape index (κ1) is 16.3. The highest BCUT2D eigenvalue weighted by atomic mass is 35.7. The van der Waals surface area contributed by atoms with Gasteiger partial charge in [-0.15, -0.1) is 0 Å². The van der Waals surface area contributed by atoms with Crippen molar-refractivity contribution in [2.45, 2.75) is 50.2 Å². The molecular weight excluding hydrogens is 318 g/mol. The summed E-state index contributed by atoms with van der Waals surface area (Å²) in [6.07, 6.45) is 1.31. The summed E-state index contributed by atoms with van der Waals surface area (Å²) in [5.41, 5.74) is -0.284. The zero-order valence-electron chi connectivity index (χ0n) is 12.1. The lowest BCUT2D eigenvalue weighted by Gasteiger charge is -2.35. The van der Waals surface area contributed by atoms with E-state index in [4.69, 9.17) is 15.4 Å². The molecule has 1 amide bonds. The van der Waals surface area contributed by atoms with Crippen molar-refractivity contribution in [3.63, 3.8) is 0 Å². The number of aromatic nitrogens is 2. The normalized spacial score (nSPS) is 22.0. The summed E-state index contributed by atoms with van der Waals surface area (Å²) in [4.78, 5) is 12.0. The average Bonchev–Trinajstić information content (AvgIpc) is 2.69. The second-order valence-electron chi connectivity index (χ2n) is 5.74. The Bertz CT molecular complexity index is 653. The van der Waals surface area contributed by atoms with Gasteiger partial charge in [0, 0.05) is 23.3 Å². The summed E-state index contributed by atoms with van der Waals surface area (Å²) >= 11 is 0. The number of nitrogens with one attached hydrogen (secondary N) is 2. The van der Waals surface area contributed by atoms with E-state index in [1.54, 1.807) is 0 Å². The number of amides is 1. The molecule has 1 atom stereocenters. The van der Waals surface area contributed by atoms with Crippen LogP contribution in [-0.2, 0) is 13.8 Å². The van der Waals surface area contributed by atoms with E-state index >= 15 is 0 Å². The topological polar surface area (TPSA) is 101 Å².